The summed E-state index contributed by atoms with van der Waals surface area (Å²) < 4.78 is 0. The van der Waals surface area contributed by atoms with Crippen molar-refractivity contribution in [2.75, 3.05) is 6.54 Å². The van der Waals surface area contributed by atoms with Crippen LogP contribution in [0.5, 0.6) is 0 Å². The number of hydrogen-bond donors (Lipinski definition) is 1. The molecule has 0 spiro atoms. The molecule has 0 amide bonds. The van der Waals surface area contributed by atoms with Gasteiger partial charge in [0.1, 0.15) is 0 Å². The van der Waals surface area contributed by atoms with Crippen LogP contribution in [0.1, 0.15) is 27.9 Å². The van der Waals surface area contributed by atoms with Crippen molar-refractivity contribution in [2.24, 2.45) is 0 Å². The van der Waals surface area contributed by atoms with Gasteiger partial charge in [0.05, 0.1) is 0 Å². The zero-order valence-electron chi connectivity index (χ0n) is 11.2. The molecule has 2 aromatic carbocycles. The number of nitrogens with one attached hydrogen (secondary N) is 1. The number of aryl methyl sites for hydroxylation is 1. The number of Topliss-reactive ketones (excluding diaryl/α,β-unsaturated/α-hetero) is 1. The Bertz CT molecular complexity index is 517. The lowest BCUT2D eigenvalue weighted by molar-refractivity contribution is 0.0982. The summed E-state index contributed by atoms with van der Waals surface area (Å²) >= 11 is 0. The molecule has 98 valence electrons. The monoisotopic (exact) mass is 253 g/mol. The van der Waals surface area contributed by atoms with Gasteiger partial charge in [-0.1, -0.05) is 60.2 Å². The van der Waals surface area contributed by atoms with Gasteiger partial charge in [0.25, 0.3) is 0 Å². The summed E-state index contributed by atoms with van der Waals surface area (Å²) in [5.41, 5.74) is 3.22. The molecule has 1 N–H and O–H groups in total. The molecular formula is C17H19NO. The molecule has 2 aromatic rings. The Hall–Kier alpha value is -1.93. The van der Waals surface area contributed by atoms with E-state index in [1.165, 1.54) is 11.1 Å². The van der Waals surface area contributed by atoms with Crippen LogP contribution in [0, 0.1) is 6.92 Å². The molecule has 0 atom stereocenters. The standard InChI is InChI=1S/C17H19NO/c1-14-7-9-16(10-8-14)17(19)11-12-18-13-15-5-3-2-4-6-15/h2-10,18H,11-13H2,1H3. The molecule has 0 saturated carbocycles. The van der Waals surface area contributed by atoms with Crippen molar-refractivity contribution in [3.63, 3.8) is 0 Å². The van der Waals surface area contributed by atoms with E-state index >= 15 is 0 Å². The SMILES string of the molecule is Cc1ccc(C(=O)CCNCc2ccccc2)cc1. The summed E-state index contributed by atoms with van der Waals surface area (Å²) in [4.78, 5) is 11.9. The van der Waals surface area contributed by atoms with Crippen LogP contribution in [-0.2, 0) is 6.54 Å². The quantitative estimate of drug-likeness (QED) is 0.632. The third kappa shape index (κ3) is 4.34. The highest BCUT2D eigenvalue weighted by molar-refractivity contribution is 5.96. The Kier molecular flexibility index (Phi) is 4.87. The van der Waals surface area contributed by atoms with E-state index in [9.17, 15) is 4.79 Å². The Labute approximate surface area is 114 Å². The molecule has 0 bridgehead atoms. The van der Waals surface area contributed by atoms with Crippen LogP contribution < -0.4 is 5.32 Å². The fraction of sp³-hybridized carbons (Fsp3) is 0.235. The van der Waals surface area contributed by atoms with Crippen molar-refractivity contribution in [1.82, 2.24) is 5.32 Å². The maximum Gasteiger partial charge on any atom is 0.164 e. The molecule has 0 fully saturated rings. The van der Waals surface area contributed by atoms with Crippen LogP contribution in [0.2, 0.25) is 0 Å². The van der Waals surface area contributed by atoms with E-state index in [2.05, 4.69) is 17.4 Å². The smallest absolute Gasteiger partial charge is 0.164 e. The molecule has 0 aliphatic heterocycles. The Morgan fingerprint density at radius 3 is 2.37 bits per heavy atom. The van der Waals surface area contributed by atoms with Gasteiger partial charge in [0.15, 0.2) is 5.78 Å². The molecule has 2 nitrogen and oxygen atoms in total. The highest BCUT2D eigenvalue weighted by Crippen LogP contribution is 2.06. The highest BCUT2D eigenvalue weighted by atomic mass is 16.1. The highest BCUT2D eigenvalue weighted by Gasteiger charge is 2.04. The first-order valence-corrected chi connectivity index (χ1v) is 6.60. The van der Waals surface area contributed by atoms with Crippen molar-refractivity contribution in [3.8, 4) is 0 Å². The first kappa shape index (κ1) is 13.5. The first-order chi connectivity index (χ1) is 9.25. The van der Waals surface area contributed by atoms with E-state index in [1.54, 1.807) is 0 Å². The largest absolute Gasteiger partial charge is 0.312 e. The Balaban J connectivity index is 1.74. The fourth-order valence-electron chi connectivity index (χ4n) is 1.91. The first-order valence-electron chi connectivity index (χ1n) is 6.60. The summed E-state index contributed by atoms with van der Waals surface area (Å²) in [5.74, 6) is 0.195. The van der Waals surface area contributed by atoms with Crippen molar-refractivity contribution >= 4 is 5.78 Å². The van der Waals surface area contributed by atoms with Crippen molar-refractivity contribution in [3.05, 3.63) is 71.3 Å². The van der Waals surface area contributed by atoms with Crippen molar-refractivity contribution in [1.29, 1.82) is 0 Å². The molecule has 19 heavy (non-hydrogen) atoms. The van der Waals surface area contributed by atoms with Gasteiger partial charge in [-0.2, -0.15) is 0 Å². The summed E-state index contributed by atoms with van der Waals surface area (Å²) in [6.45, 7) is 3.54. The van der Waals surface area contributed by atoms with E-state index in [-0.39, 0.29) is 5.78 Å². The molecule has 0 unspecified atom stereocenters. The third-order valence-corrected chi connectivity index (χ3v) is 3.07. The molecule has 0 aliphatic carbocycles. The van der Waals surface area contributed by atoms with Gasteiger partial charge >= 0.3 is 0 Å². The minimum Gasteiger partial charge on any atom is -0.312 e. The van der Waals surface area contributed by atoms with Crippen LogP contribution in [-0.4, -0.2) is 12.3 Å². The summed E-state index contributed by atoms with van der Waals surface area (Å²) in [7, 11) is 0. The van der Waals surface area contributed by atoms with E-state index < -0.39 is 0 Å². The average Bonchev–Trinajstić information content (AvgIpc) is 2.45. The molecule has 0 heterocycles. The second kappa shape index (κ2) is 6.86. The van der Waals surface area contributed by atoms with Crippen LogP contribution in [0.15, 0.2) is 54.6 Å². The van der Waals surface area contributed by atoms with Crippen LogP contribution >= 0.6 is 0 Å². The van der Waals surface area contributed by atoms with Gasteiger partial charge < -0.3 is 5.32 Å². The number of carbonyl (C=O) groups excluding carboxylic acids is 1. The zero-order chi connectivity index (χ0) is 13.5. The molecule has 2 heteroatoms. The molecule has 0 aliphatic rings. The van der Waals surface area contributed by atoms with Gasteiger partial charge in [0, 0.05) is 25.1 Å². The molecule has 2 rings (SSSR count). The number of benzene rings is 2. The van der Waals surface area contributed by atoms with Gasteiger partial charge in [-0.15, -0.1) is 0 Å². The predicted molar refractivity (Wildman–Crippen MR) is 78.3 cm³/mol. The summed E-state index contributed by atoms with van der Waals surface area (Å²) in [5, 5.41) is 3.29. The Morgan fingerprint density at radius 1 is 1.00 bits per heavy atom. The van der Waals surface area contributed by atoms with E-state index in [1.807, 2.05) is 49.4 Å². The number of ketones is 1. The Morgan fingerprint density at radius 2 is 1.68 bits per heavy atom. The predicted octanol–water partition coefficient (Wildman–Crippen LogP) is 3.36. The van der Waals surface area contributed by atoms with Crippen LogP contribution in [0.3, 0.4) is 0 Å². The summed E-state index contributed by atoms with van der Waals surface area (Å²) in [6.07, 6.45) is 0.538. The van der Waals surface area contributed by atoms with Gasteiger partial charge in [-0.05, 0) is 12.5 Å². The maximum absolute atomic E-state index is 11.9. The third-order valence-electron chi connectivity index (χ3n) is 3.07. The van der Waals surface area contributed by atoms with Crippen LogP contribution in [0.25, 0.3) is 0 Å². The minimum absolute atomic E-state index is 0.195. The zero-order valence-corrected chi connectivity index (χ0v) is 11.2. The van der Waals surface area contributed by atoms with Gasteiger partial charge in [-0.3, -0.25) is 4.79 Å². The number of rotatable bonds is 6. The molecule has 0 radical (unpaired) electrons. The topological polar surface area (TPSA) is 29.1 Å². The lowest BCUT2D eigenvalue weighted by atomic mass is 10.1. The van der Waals surface area contributed by atoms with Crippen LogP contribution in [0.4, 0.5) is 0 Å². The molecule has 0 saturated heterocycles. The van der Waals surface area contributed by atoms with Crippen molar-refractivity contribution < 1.29 is 4.79 Å². The van der Waals surface area contributed by atoms with Gasteiger partial charge in [0.2, 0.25) is 0 Å². The minimum atomic E-state index is 0.195. The maximum atomic E-state index is 11.9. The molecule has 0 aromatic heterocycles. The summed E-state index contributed by atoms with van der Waals surface area (Å²) in [6, 6.07) is 18.0. The lowest BCUT2D eigenvalue weighted by Gasteiger charge is -2.05. The number of hydrogen-bond acceptors (Lipinski definition) is 2. The number of carbonyl (C=O) groups is 1. The second-order valence-electron chi connectivity index (χ2n) is 4.70. The fourth-order valence-corrected chi connectivity index (χ4v) is 1.91. The van der Waals surface area contributed by atoms with E-state index in [0.717, 1.165) is 12.1 Å². The average molecular weight is 253 g/mol. The second-order valence-corrected chi connectivity index (χ2v) is 4.70. The van der Waals surface area contributed by atoms with Gasteiger partial charge in [-0.25, -0.2) is 0 Å². The molecular weight excluding hydrogens is 234 g/mol. The normalized spacial score (nSPS) is 10.4. The van der Waals surface area contributed by atoms with Crippen molar-refractivity contribution in [2.45, 2.75) is 19.9 Å². The van der Waals surface area contributed by atoms with E-state index in [0.29, 0.717) is 13.0 Å². The van der Waals surface area contributed by atoms with E-state index in [4.69, 9.17) is 0 Å². The lowest BCUT2D eigenvalue weighted by Crippen LogP contribution is -2.17.